The van der Waals surface area contributed by atoms with Gasteiger partial charge in [-0.05, 0) is 37.8 Å². The first kappa shape index (κ1) is 16.0. The van der Waals surface area contributed by atoms with Crippen LogP contribution in [-0.2, 0) is 0 Å². The van der Waals surface area contributed by atoms with Gasteiger partial charge in [0.1, 0.15) is 0 Å². The minimum atomic E-state index is 0.344. The lowest BCUT2D eigenvalue weighted by Crippen LogP contribution is -2.48. The van der Waals surface area contributed by atoms with Crippen LogP contribution < -0.4 is 5.32 Å². The van der Waals surface area contributed by atoms with Crippen molar-refractivity contribution in [2.45, 2.75) is 65.8 Å². The molecule has 0 aromatic rings. The van der Waals surface area contributed by atoms with Crippen molar-refractivity contribution in [3.8, 4) is 0 Å². The normalized spacial score (nSPS) is 20.3. The van der Waals surface area contributed by atoms with Crippen LogP contribution in [0.4, 0.5) is 0 Å². The molecule has 0 amide bonds. The van der Waals surface area contributed by atoms with E-state index in [1.807, 2.05) is 0 Å². The summed E-state index contributed by atoms with van der Waals surface area (Å²) in [5, 5.41) is 3.65. The van der Waals surface area contributed by atoms with Crippen LogP contribution in [0.25, 0.3) is 0 Å². The Morgan fingerprint density at radius 2 is 1.78 bits per heavy atom. The summed E-state index contributed by atoms with van der Waals surface area (Å²) < 4.78 is 0. The monoisotopic (exact) mass is 254 g/mol. The highest BCUT2D eigenvalue weighted by Crippen LogP contribution is 2.25. The van der Waals surface area contributed by atoms with Crippen molar-refractivity contribution in [1.29, 1.82) is 0 Å². The molecule has 108 valence electrons. The third-order valence-corrected chi connectivity index (χ3v) is 4.28. The largest absolute Gasteiger partial charge is 0.312 e. The Labute approximate surface area is 115 Å². The molecular formula is C16H34N2. The second-order valence-electron chi connectivity index (χ2n) is 7.20. The zero-order valence-corrected chi connectivity index (χ0v) is 13.3. The summed E-state index contributed by atoms with van der Waals surface area (Å²) in [6.45, 7) is 12.8. The zero-order valence-electron chi connectivity index (χ0n) is 13.3. The highest BCUT2D eigenvalue weighted by Gasteiger charge is 2.25. The molecule has 0 radical (unpaired) electrons. The molecule has 1 atom stereocenters. The fourth-order valence-corrected chi connectivity index (χ4v) is 3.09. The van der Waals surface area contributed by atoms with Crippen LogP contribution in [0.3, 0.4) is 0 Å². The molecule has 1 unspecified atom stereocenters. The van der Waals surface area contributed by atoms with Crippen molar-refractivity contribution in [2.24, 2.45) is 11.3 Å². The average Bonchev–Trinajstić information content (AvgIpc) is 2.28. The van der Waals surface area contributed by atoms with Gasteiger partial charge in [0.25, 0.3) is 0 Å². The molecule has 0 aromatic carbocycles. The summed E-state index contributed by atoms with van der Waals surface area (Å²) in [5.41, 5.74) is 0.344. The lowest BCUT2D eigenvalue weighted by atomic mass is 9.85. The molecule has 2 nitrogen and oxygen atoms in total. The van der Waals surface area contributed by atoms with Crippen LogP contribution >= 0.6 is 0 Å². The van der Waals surface area contributed by atoms with Crippen molar-refractivity contribution in [3.05, 3.63) is 0 Å². The lowest BCUT2D eigenvalue weighted by Gasteiger charge is -2.36. The average molecular weight is 254 g/mol. The first-order valence-corrected chi connectivity index (χ1v) is 7.85. The fourth-order valence-electron chi connectivity index (χ4n) is 3.09. The molecule has 1 saturated carbocycles. The molecule has 0 saturated heterocycles. The van der Waals surface area contributed by atoms with Gasteiger partial charge in [0.2, 0.25) is 0 Å². The van der Waals surface area contributed by atoms with Gasteiger partial charge in [-0.3, -0.25) is 0 Å². The Kier molecular flexibility index (Phi) is 6.65. The van der Waals surface area contributed by atoms with Crippen molar-refractivity contribution in [2.75, 3.05) is 26.7 Å². The molecule has 1 rings (SSSR count). The second kappa shape index (κ2) is 7.49. The number of likely N-dealkylation sites (N-methyl/N-ethyl adjacent to an activating group) is 2. The molecule has 18 heavy (non-hydrogen) atoms. The van der Waals surface area contributed by atoms with E-state index < -0.39 is 0 Å². The molecule has 2 heteroatoms. The van der Waals surface area contributed by atoms with Gasteiger partial charge >= 0.3 is 0 Å². The topological polar surface area (TPSA) is 15.3 Å². The summed E-state index contributed by atoms with van der Waals surface area (Å²) in [6.07, 6.45) is 7.27. The van der Waals surface area contributed by atoms with E-state index in [0.29, 0.717) is 11.5 Å². The molecule has 1 aliphatic rings. The number of nitrogens with one attached hydrogen (secondary N) is 1. The van der Waals surface area contributed by atoms with E-state index in [0.717, 1.165) is 12.5 Å². The SMILES string of the molecule is CCNC(CN(C)CC1CCCCC1)C(C)(C)C. The number of nitrogens with zero attached hydrogens (tertiary/aromatic N) is 1. The zero-order chi connectivity index (χ0) is 13.6. The van der Waals surface area contributed by atoms with Gasteiger partial charge in [-0.15, -0.1) is 0 Å². The van der Waals surface area contributed by atoms with E-state index in [2.05, 4.69) is 45.0 Å². The molecule has 0 bridgehead atoms. The second-order valence-corrected chi connectivity index (χ2v) is 7.20. The molecule has 0 heterocycles. The van der Waals surface area contributed by atoms with E-state index in [1.54, 1.807) is 0 Å². The Bertz CT molecular complexity index is 214. The predicted octanol–water partition coefficient (Wildman–Crippen LogP) is 3.52. The third-order valence-electron chi connectivity index (χ3n) is 4.28. The molecule has 1 aliphatic carbocycles. The number of hydrogen-bond donors (Lipinski definition) is 1. The third kappa shape index (κ3) is 5.71. The molecule has 1 N–H and O–H groups in total. The van der Waals surface area contributed by atoms with Crippen molar-refractivity contribution >= 4 is 0 Å². The van der Waals surface area contributed by atoms with Gasteiger partial charge in [-0.2, -0.15) is 0 Å². The van der Waals surface area contributed by atoms with Gasteiger partial charge in [-0.1, -0.05) is 47.0 Å². The maximum atomic E-state index is 3.65. The standard InChI is InChI=1S/C16H34N2/c1-6-17-15(16(2,3)4)13-18(5)12-14-10-8-7-9-11-14/h14-15,17H,6-13H2,1-5H3. The van der Waals surface area contributed by atoms with E-state index in [9.17, 15) is 0 Å². The molecule has 1 fully saturated rings. The number of hydrogen-bond acceptors (Lipinski definition) is 2. The Hall–Kier alpha value is -0.0800. The van der Waals surface area contributed by atoms with Crippen molar-refractivity contribution < 1.29 is 0 Å². The van der Waals surface area contributed by atoms with Crippen LogP contribution in [0, 0.1) is 11.3 Å². The van der Waals surface area contributed by atoms with Gasteiger partial charge in [0, 0.05) is 19.1 Å². The summed E-state index contributed by atoms with van der Waals surface area (Å²) in [6, 6.07) is 0.594. The van der Waals surface area contributed by atoms with E-state index >= 15 is 0 Å². The van der Waals surface area contributed by atoms with E-state index in [-0.39, 0.29) is 0 Å². The smallest absolute Gasteiger partial charge is 0.0243 e. The minimum Gasteiger partial charge on any atom is -0.312 e. The van der Waals surface area contributed by atoms with Crippen LogP contribution in [0.1, 0.15) is 59.8 Å². The van der Waals surface area contributed by atoms with Crippen LogP contribution in [-0.4, -0.2) is 37.6 Å². The Morgan fingerprint density at radius 3 is 2.28 bits per heavy atom. The quantitative estimate of drug-likeness (QED) is 0.780. The molecule has 0 aliphatic heterocycles. The highest BCUT2D eigenvalue weighted by molar-refractivity contribution is 4.83. The van der Waals surface area contributed by atoms with E-state index in [1.165, 1.54) is 45.2 Å². The Balaban J connectivity index is 2.37. The van der Waals surface area contributed by atoms with Gasteiger partial charge in [0.05, 0.1) is 0 Å². The lowest BCUT2D eigenvalue weighted by molar-refractivity contribution is 0.168. The summed E-state index contributed by atoms with van der Waals surface area (Å²) in [4.78, 5) is 2.55. The molecule has 0 aromatic heterocycles. The van der Waals surface area contributed by atoms with Crippen LogP contribution in [0.15, 0.2) is 0 Å². The predicted molar refractivity (Wildman–Crippen MR) is 81.0 cm³/mol. The van der Waals surface area contributed by atoms with Crippen molar-refractivity contribution in [1.82, 2.24) is 10.2 Å². The summed E-state index contributed by atoms with van der Waals surface area (Å²) in [7, 11) is 2.30. The Morgan fingerprint density at radius 1 is 1.17 bits per heavy atom. The fraction of sp³-hybridized carbons (Fsp3) is 1.00. The van der Waals surface area contributed by atoms with E-state index in [4.69, 9.17) is 0 Å². The minimum absolute atomic E-state index is 0.344. The number of rotatable bonds is 6. The van der Waals surface area contributed by atoms with Crippen LogP contribution in [0.2, 0.25) is 0 Å². The van der Waals surface area contributed by atoms with Gasteiger partial charge in [-0.25, -0.2) is 0 Å². The van der Waals surface area contributed by atoms with Gasteiger partial charge in [0.15, 0.2) is 0 Å². The molecule has 0 spiro atoms. The highest BCUT2D eigenvalue weighted by atomic mass is 15.1. The van der Waals surface area contributed by atoms with Gasteiger partial charge < -0.3 is 10.2 Å². The summed E-state index contributed by atoms with van der Waals surface area (Å²) >= 11 is 0. The van der Waals surface area contributed by atoms with Crippen LogP contribution in [0.5, 0.6) is 0 Å². The maximum Gasteiger partial charge on any atom is 0.0243 e. The summed E-state index contributed by atoms with van der Waals surface area (Å²) in [5.74, 6) is 0.950. The maximum absolute atomic E-state index is 3.65. The first-order chi connectivity index (χ1) is 8.43. The first-order valence-electron chi connectivity index (χ1n) is 7.85. The molecular weight excluding hydrogens is 220 g/mol. The van der Waals surface area contributed by atoms with Crippen molar-refractivity contribution in [3.63, 3.8) is 0 Å².